The molecule has 0 aliphatic heterocycles. The van der Waals surface area contributed by atoms with E-state index >= 15 is 0 Å². The van der Waals surface area contributed by atoms with Gasteiger partial charge in [-0.3, -0.25) is 10.1 Å². The van der Waals surface area contributed by atoms with E-state index in [0.717, 1.165) is 18.2 Å². The molecule has 23 heavy (non-hydrogen) atoms. The van der Waals surface area contributed by atoms with Gasteiger partial charge in [-0.25, -0.2) is 4.39 Å². The van der Waals surface area contributed by atoms with Crippen LogP contribution in [0.4, 0.5) is 10.1 Å². The zero-order valence-corrected chi connectivity index (χ0v) is 13.9. The summed E-state index contributed by atoms with van der Waals surface area (Å²) < 4.78 is 29.7. The second-order valence-corrected chi connectivity index (χ2v) is 5.31. The summed E-state index contributed by atoms with van der Waals surface area (Å²) in [7, 11) is 3.00. The molecule has 2 aromatic rings. The van der Waals surface area contributed by atoms with Gasteiger partial charge in [-0.1, -0.05) is 15.9 Å². The summed E-state index contributed by atoms with van der Waals surface area (Å²) in [6.45, 7) is -0.00870. The predicted octanol–water partition coefficient (Wildman–Crippen LogP) is 4.09. The molecule has 0 saturated heterocycles. The molecule has 0 fully saturated rings. The number of hydrogen-bond donors (Lipinski definition) is 0. The molecule has 0 saturated carbocycles. The van der Waals surface area contributed by atoms with Crippen LogP contribution >= 0.6 is 15.9 Å². The van der Waals surface area contributed by atoms with E-state index in [-0.39, 0.29) is 18.0 Å². The van der Waals surface area contributed by atoms with Crippen molar-refractivity contribution in [3.63, 3.8) is 0 Å². The number of nitro benzene ring substituents is 1. The van der Waals surface area contributed by atoms with Crippen molar-refractivity contribution in [2.45, 2.75) is 6.61 Å². The zero-order chi connectivity index (χ0) is 17.0. The Morgan fingerprint density at radius 3 is 2.39 bits per heavy atom. The third kappa shape index (κ3) is 3.89. The second kappa shape index (κ2) is 7.28. The van der Waals surface area contributed by atoms with E-state index < -0.39 is 10.7 Å². The Morgan fingerprint density at radius 1 is 1.13 bits per heavy atom. The van der Waals surface area contributed by atoms with Crippen molar-refractivity contribution in [3.05, 3.63) is 56.3 Å². The van der Waals surface area contributed by atoms with Crippen LogP contribution in [0.2, 0.25) is 0 Å². The number of nitro groups is 1. The molecular formula is C15H13BrFNO5. The maximum atomic E-state index is 13.3. The average Bonchev–Trinajstić information content (AvgIpc) is 2.53. The summed E-state index contributed by atoms with van der Waals surface area (Å²) in [4.78, 5) is 10.3. The molecule has 0 aliphatic carbocycles. The molecule has 0 amide bonds. The fraction of sp³-hybridized carbons (Fsp3) is 0.200. The molecule has 6 nitrogen and oxygen atoms in total. The summed E-state index contributed by atoms with van der Waals surface area (Å²) in [6, 6.07) is 6.42. The fourth-order valence-corrected chi connectivity index (χ4v) is 2.35. The second-order valence-electron chi connectivity index (χ2n) is 4.46. The van der Waals surface area contributed by atoms with Crippen molar-refractivity contribution in [1.82, 2.24) is 0 Å². The van der Waals surface area contributed by atoms with E-state index in [9.17, 15) is 14.5 Å². The molecule has 8 heteroatoms. The van der Waals surface area contributed by atoms with Gasteiger partial charge in [0.2, 0.25) is 0 Å². The number of nitrogens with zero attached hydrogens (tertiary/aromatic N) is 1. The molecule has 122 valence electrons. The lowest BCUT2D eigenvalue weighted by Gasteiger charge is -2.13. The van der Waals surface area contributed by atoms with E-state index in [2.05, 4.69) is 15.9 Å². The van der Waals surface area contributed by atoms with Gasteiger partial charge in [-0.2, -0.15) is 0 Å². The Hall–Kier alpha value is -2.35. The molecule has 0 spiro atoms. The quantitative estimate of drug-likeness (QED) is 0.553. The van der Waals surface area contributed by atoms with E-state index in [1.807, 2.05) is 0 Å². The van der Waals surface area contributed by atoms with Crippen LogP contribution in [0.1, 0.15) is 5.56 Å². The summed E-state index contributed by atoms with van der Waals surface area (Å²) >= 11 is 3.36. The lowest BCUT2D eigenvalue weighted by atomic mass is 10.2. The predicted molar refractivity (Wildman–Crippen MR) is 84.6 cm³/mol. The Bertz CT molecular complexity index is 738. The number of hydrogen-bond acceptors (Lipinski definition) is 5. The highest BCUT2D eigenvalue weighted by molar-refractivity contribution is 9.10. The Morgan fingerprint density at radius 2 is 1.78 bits per heavy atom. The van der Waals surface area contributed by atoms with Crippen LogP contribution in [0.5, 0.6) is 17.2 Å². The topological polar surface area (TPSA) is 70.8 Å². The van der Waals surface area contributed by atoms with Crippen LogP contribution in [-0.4, -0.2) is 19.1 Å². The van der Waals surface area contributed by atoms with Crippen molar-refractivity contribution in [2.24, 2.45) is 0 Å². The van der Waals surface area contributed by atoms with Gasteiger partial charge in [0, 0.05) is 22.2 Å². The van der Waals surface area contributed by atoms with Gasteiger partial charge in [0.05, 0.1) is 19.1 Å². The first-order valence-corrected chi connectivity index (χ1v) is 7.22. The first-order valence-electron chi connectivity index (χ1n) is 6.43. The number of methoxy groups -OCH3 is 2. The van der Waals surface area contributed by atoms with Crippen molar-refractivity contribution >= 4 is 21.6 Å². The van der Waals surface area contributed by atoms with Crippen LogP contribution in [0.15, 0.2) is 34.8 Å². The highest BCUT2D eigenvalue weighted by atomic mass is 79.9. The lowest BCUT2D eigenvalue weighted by Crippen LogP contribution is -2.01. The number of ether oxygens (including phenoxy) is 3. The highest BCUT2D eigenvalue weighted by Crippen LogP contribution is 2.35. The van der Waals surface area contributed by atoms with Crippen molar-refractivity contribution in [1.29, 1.82) is 0 Å². The van der Waals surface area contributed by atoms with Crippen LogP contribution in [0, 0.1) is 15.9 Å². The third-order valence-corrected chi connectivity index (χ3v) is 3.79. The number of halogens is 2. The van der Waals surface area contributed by atoms with Gasteiger partial charge in [0.15, 0.2) is 17.2 Å². The normalized spacial score (nSPS) is 10.3. The van der Waals surface area contributed by atoms with E-state index in [1.165, 1.54) is 14.2 Å². The average molecular weight is 386 g/mol. The minimum atomic E-state index is -0.627. The minimum absolute atomic E-state index is 0.00870. The third-order valence-electron chi connectivity index (χ3n) is 3.05. The molecule has 0 radical (unpaired) electrons. The lowest BCUT2D eigenvalue weighted by molar-refractivity contribution is -0.386. The van der Waals surface area contributed by atoms with Crippen LogP contribution < -0.4 is 14.2 Å². The number of rotatable bonds is 6. The maximum absolute atomic E-state index is 13.3. The van der Waals surface area contributed by atoms with Crippen molar-refractivity contribution in [2.75, 3.05) is 14.2 Å². The molecule has 0 bridgehead atoms. The zero-order valence-electron chi connectivity index (χ0n) is 12.3. The van der Waals surface area contributed by atoms with E-state index in [0.29, 0.717) is 21.5 Å². The monoisotopic (exact) mass is 385 g/mol. The largest absolute Gasteiger partial charge is 0.493 e. The Kier molecular flexibility index (Phi) is 5.38. The molecule has 0 unspecified atom stereocenters. The van der Waals surface area contributed by atoms with Gasteiger partial charge in [0.25, 0.3) is 0 Å². The van der Waals surface area contributed by atoms with Gasteiger partial charge in [0.1, 0.15) is 12.4 Å². The first-order chi connectivity index (χ1) is 11.0. The molecular weight excluding hydrogens is 373 g/mol. The standard InChI is InChI=1S/C15H13BrFNO5/c1-21-14-5-9(11(16)7-15(14)22-2)8-23-13-6-10(17)3-4-12(13)18(19)20/h3-7H,8H2,1-2H3. The summed E-state index contributed by atoms with van der Waals surface area (Å²) in [6.07, 6.45) is 0. The molecule has 2 rings (SSSR count). The van der Waals surface area contributed by atoms with Crippen LogP contribution in [-0.2, 0) is 6.61 Å². The van der Waals surface area contributed by atoms with Crippen molar-refractivity contribution < 1.29 is 23.5 Å². The molecule has 0 N–H and O–H groups in total. The number of benzene rings is 2. The van der Waals surface area contributed by atoms with E-state index in [4.69, 9.17) is 14.2 Å². The van der Waals surface area contributed by atoms with Gasteiger partial charge < -0.3 is 14.2 Å². The maximum Gasteiger partial charge on any atom is 0.311 e. The van der Waals surface area contributed by atoms with Crippen LogP contribution in [0.25, 0.3) is 0 Å². The minimum Gasteiger partial charge on any atom is -0.493 e. The Labute approximate surface area is 140 Å². The Balaban J connectivity index is 2.28. The fourth-order valence-electron chi connectivity index (χ4n) is 1.92. The van der Waals surface area contributed by atoms with Gasteiger partial charge >= 0.3 is 5.69 Å². The molecule has 0 atom stereocenters. The van der Waals surface area contributed by atoms with Gasteiger partial charge in [-0.05, 0) is 18.2 Å². The molecule has 0 aliphatic rings. The summed E-state index contributed by atoms with van der Waals surface area (Å²) in [5, 5.41) is 11.0. The summed E-state index contributed by atoms with van der Waals surface area (Å²) in [5.74, 6) is 0.261. The SMILES string of the molecule is COc1cc(Br)c(COc2cc(F)ccc2[N+](=O)[O-])cc1OC. The smallest absolute Gasteiger partial charge is 0.311 e. The van der Waals surface area contributed by atoms with Crippen LogP contribution in [0.3, 0.4) is 0 Å². The van der Waals surface area contributed by atoms with Gasteiger partial charge in [-0.15, -0.1) is 0 Å². The van der Waals surface area contributed by atoms with Crippen molar-refractivity contribution in [3.8, 4) is 17.2 Å². The highest BCUT2D eigenvalue weighted by Gasteiger charge is 2.17. The molecule has 0 aromatic heterocycles. The van der Waals surface area contributed by atoms with E-state index in [1.54, 1.807) is 12.1 Å². The summed E-state index contributed by atoms with van der Waals surface area (Å²) in [5.41, 5.74) is 0.365. The molecule has 2 aromatic carbocycles. The molecule has 0 heterocycles. The first kappa shape index (κ1) is 17.0.